The summed E-state index contributed by atoms with van der Waals surface area (Å²) in [5.74, 6) is -13.1. The highest BCUT2D eigenvalue weighted by atomic mass is 19.3. The number of ketones is 4. The number of hydrogen-bond donors (Lipinski definition) is 4. The van der Waals surface area contributed by atoms with Crippen LogP contribution in [0.2, 0.25) is 0 Å². The molecule has 3 aromatic heterocycles. The minimum atomic E-state index is -3.14. The minimum Gasteiger partial charge on any atom is -0.347 e. The summed E-state index contributed by atoms with van der Waals surface area (Å²) in [6.45, 7) is 1.35. The molecule has 3 saturated carbocycles. The third kappa shape index (κ3) is 20.6. The number of Topliss-reactive ketones (excluding diaryl/α,β-unsaturated/α-hetero) is 4. The summed E-state index contributed by atoms with van der Waals surface area (Å²) >= 11 is 0. The number of halogens is 2. The van der Waals surface area contributed by atoms with E-state index in [-0.39, 0.29) is 87.4 Å². The zero-order valence-electron chi connectivity index (χ0n) is 62.2. The van der Waals surface area contributed by atoms with E-state index in [1.165, 1.54) is 36.3 Å². The lowest BCUT2D eigenvalue weighted by Gasteiger charge is -2.16. The van der Waals surface area contributed by atoms with Gasteiger partial charge in [0.1, 0.15) is 30.6 Å². The zero-order chi connectivity index (χ0) is 79.2. The number of hydrogen-bond acceptors (Lipinski definition) is 18. The van der Waals surface area contributed by atoms with Crippen molar-refractivity contribution in [2.24, 2.45) is 55.5 Å². The Morgan fingerprint density at radius 3 is 1.15 bits per heavy atom. The van der Waals surface area contributed by atoms with Crippen LogP contribution in [0.3, 0.4) is 0 Å². The molecule has 112 heavy (non-hydrogen) atoms. The molecule has 4 saturated heterocycles. The number of anilines is 1. The molecule has 0 spiro atoms. The number of alkyl halides is 2. The minimum absolute atomic E-state index is 0.0432. The smallest absolute Gasteiger partial charge is 0.287 e. The Bertz CT molecular complexity index is 4550. The molecular formula is C82H88F2N16O12. The van der Waals surface area contributed by atoms with Gasteiger partial charge in [-0.05, 0) is 85.6 Å². The van der Waals surface area contributed by atoms with Gasteiger partial charge >= 0.3 is 0 Å². The van der Waals surface area contributed by atoms with Gasteiger partial charge in [-0.15, -0.1) is 0 Å². The number of carbonyl (C=O) groups excluding carboxylic acids is 12. The van der Waals surface area contributed by atoms with Crippen molar-refractivity contribution in [1.82, 2.24) is 75.5 Å². The van der Waals surface area contributed by atoms with Crippen LogP contribution in [-0.2, 0) is 111 Å². The van der Waals surface area contributed by atoms with Gasteiger partial charge in [-0.2, -0.15) is 10.2 Å². The Labute approximate surface area is 644 Å². The molecule has 4 N–H and O–H groups in total. The maximum Gasteiger partial charge on any atom is 0.287 e. The van der Waals surface area contributed by atoms with Crippen molar-refractivity contribution in [3.05, 3.63) is 223 Å². The number of rotatable bonds is 27. The highest BCUT2D eigenvalue weighted by molar-refractivity contribution is 6.39. The molecule has 7 fully saturated rings. The Hall–Kier alpha value is -12.2. The fourth-order valence-corrected chi connectivity index (χ4v) is 14.3. The molecular weight excluding hydrogens is 1440 g/mol. The second kappa shape index (κ2) is 36.1. The quantitative estimate of drug-likeness (QED) is 0.0499. The summed E-state index contributed by atoms with van der Waals surface area (Å²) < 4.78 is 29.3. The Balaban J connectivity index is 0.000000139. The lowest BCUT2D eigenvalue weighted by atomic mass is 9.85. The first-order valence-electron chi connectivity index (χ1n) is 37.5. The molecule has 7 heterocycles. The molecule has 8 amide bonds. The number of nitrogens with one attached hydrogen (secondary N) is 4. The van der Waals surface area contributed by atoms with E-state index in [1.54, 1.807) is 38.2 Å². The SMILES string of the molecule is CC(F)(F)CNC(=O)C(=O)C1CN(c2cncnc2)C(=O)C1Cc1ccccc1.Cn1ncnc1CN1CC(C(=O)C(=O)NC2CC2)C(Cc2ccccc2)C1=O.Cn1ncnc1CN1CC(C(=O)C(=O)NC2CC2)C(Cc2ccccc2)C1=O.O=C(NC1CC1)C(=O)C1CN(Cc2ccccc2)C(=O)C1c1ccccc1. The molecule has 8 aromatic rings. The largest absolute Gasteiger partial charge is 0.347 e. The average Bonchev–Trinajstić information content (AvgIpc) is 1.68. The van der Waals surface area contributed by atoms with Gasteiger partial charge in [-0.25, -0.2) is 28.7 Å². The number of likely N-dealkylation sites (tertiary alicyclic amines) is 3. The van der Waals surface area contributed by atoms with Crippen molar-refractivity contribution >= 4 is 76.1 Å². The molecule has 28 nitrogen and oxygen atoms in total. The van der Waals surface area contributed by atoms with Crippen LogP contribution in [0.1, 0.15) is 90.8 Å². The van der Waals surface area contributed by atoms with Crippen LogP contribution in [-0.4, -0.2) is 181 Å². The highest BCUT2D eigenvalue weighted by Gasteiger charge is 2.51. The topological polar surface area (TPSA) is 353 Å². The second-order valence-corrected chi connectivity index (χ2v) is 29.4. The van der Waals surface area contributed by atoms with Crippen LogP contribution < -0.4 is 26.2 Å². The molecule has 4 aliphatic heterocycles. The van der Waals surface area contributed by atoms with E-state index >= 15 is 0 Å². The van der Waals surface area contributed by atoms with Crippen LogP contribution in [0.15, 0.2) is 183 Å². The summed E-state index contributed by atoms with van der Waals surface area (Å²) in [5.41, 5.74) is 4.98. The monoisotopic (exact) mass is 1530 g/mol. The number of aromatic nitrogens is 8. The van der Waals surface area contributed by atoms with Gasteiger partial charge in [-0.1, -0.05) is 152 Å². The number of amides is 8. The molecule has 7 aliphatic rings. The molecule has 30 heteroatoms. The van der Waals surface area contributed by atoms with E-state index in [0.717, 1.165) is 66.3 Å². The third-order valence-corrected chi connectivity index (χ3v) is 20.9. The van der Waals surface area contributed by atoms with Gasteiger partial charge in [-0.3, -0.25) is 66.9 Å². The summed E-state index contributed by atoms with van der Waals surface area (Å²) in [4.78, 5) is 175. The van der Waals surface area contributed by atoms with Crippen molar-refractivity contribution < 1.29 is 66.3 Å². The Morgan fingerprint density at radius 2 is 0.768 bits per heavy atom. The standard InChI is InChI=1S/C22H22N2O3.C20H20F2N4O3.2C20H23N5O3/c25-20(21(26)23-17-11-12-17)18-14-24(13-15-7-3-1-4-8-15)22(27)19(18)16-9-5-2-6-10-16;1-20(21,22)11-25-18(28)17(27)16-10-26(14-8-23-12-24-9-14)19(29)15(16)7-13-5-3-2-4-6-13;2*1-24-17(21-12-22-24)11-25-10-16(18(26)19(27)23-14-7-8-14)15(20(25)28)9-13-5-3-2-4-6-13/h1-10,17-19H,11-14H2,(H,23,26);2-6,8-9,12,15-16H,7,10-11H2,1H3,(H,25,28);2*2-6,12,14-16H,7-11H2,1H3,(H,23,27). The first-order valence-corrected chi connectivity index (χ1v) is 37.5. The average molecular weight is 1530 g/mol. The molecule has 5 aromatic carbocycles. The van der Waals surface area contributed by atoms with E-state index in [1.807, 2.05) is 157 Å². The first kappa shape index (κ1) is 79.3. The van der Waals surface area contributed by atoms with Gasteiger partial charge in [0, 0.05) is 71.9 Å². The van der Waals surface area contributed by atoms with Gasteiger partial charge in [0.15, 0.2) is 0 Å². The van der Waals surface area contributed by atoms with Crippen LogP contribution in [0, 0.1) is 41.4 Å². The summed E-state index contributed by atoms with van der Waals surface area (Å²) in [6, 6.07) is 47.6. The lowest BCUT2D eigenvalue weighted by Crippen LogP contribution is -2.42. The summed E-state index contributed by atoms with van der Waals surface area (Å²) in [7, 11) is 3.52. The van der Waals surface area contributed by atoms with Gasteiger partial charge < -0.3 is 40.9 Å². The molecule has 0 bridgehead atoms. The zero-order valence-corrected chi connectivity index (χ0v) is 62.2. The lowest BCUT2D eigenvalue weighted by molar-refractivity contribution is -0.142. The summed E-state index contributed by atoms with van der Waals surface area (Å²) in [6.07, 6.45) is 13.7. The fourth-order valence-electron chi connectivity index (χ4n) is 14.3. The van der Waals surface area contributed by atoms with Crippen LogP contribution >= 0.6 is 0 Å². The number of carbonyl (C=O) groups is 12. The van der Waals surface area contributed by atoms with Crippen molar-refractivity contribution in [2.45, 2.75) is 114 Å². The van der Waals surface area contributed by atoms with Crippen molar-refractivity contribution in [3.8, 4) is 0 Å². The van der Waals surface area contributed by atoms with Crippen molar-refractivity contribution in [3.63, 3.8) is 0 Å². The molecule has 582 valence electrons. The van der Waals surface area contributed by atoms with Gasteiger partial charge in [0.05, 0.1) is 85.1 Å². The first-order chi connectivity index (χ1) is 53.9. The Kier molecular flexibility index (Phi) is 25.5. The van der Waals surface area contributed by atoms with E-state index in [2.05, 4.69) is 46.1 Å². The predicted octanol–water partition coefficient (Wildman–Crippen LogP) is 4.88. The number of nitrogens with zero attached hydrogens (tertiary/aromatic N) is 12. The predicted molar refractivity (Wildman–Crippen MR) is 400 cm³/mol. The van der Waals surface area contributed by atoms with Crippen LogP contribution in [0.4, 0.5) is 14.5 Å². The van der Waals surface area contributed by atoms with E-state index in [9.17, 15) is 66.3 Å². The summed E-state index contributed by atoms with van der Waals surface area (Å²) in [5, 5.41) is 18.3. The third-order valence-electron chi connectivity index (χ3n) is 20.9. The van der Waals surface area contributed by atoms with Gasteiger partial charge in [0.25, 0.3) is 29.6 Å². The van der Waals surface area contributed by atoms with Crippen LogP contribution in [0.25, 0.3) is 0 Å². The van der Waals surface area contributed by atoms with E-state index in [0.29, 0.717) is 43.6 Å². The normalized spacial score (nSPS) is 21.2. The van der Waals surface area contributed by atoms with E-state index in [4.69, 9.17) is 0 Å². The fraction of sp³-hybridized carbons (Fsp3) is 0.390. The van der Waals surface area contributed by atoms with E-state index < -0.39 is 107 Å². The van der Waals surface area contributed by atoms with Crippen molar-refractivity contribution in [1.29, 1.82) is 0 Å². The molecule has 8 atom stereocenters. The number of aryl methyl sites for hydroxylation is 2. The maximum atomic E-state index is 13.1. The molecule has 3 aliphatic carbocycles. The second-order valence-electron chi connectivity index (χ2n) is 29.4. The van der Waals surface area contributed by atoms with Gasteiger partial charge in [0.2, 0.25) is 46.8 Å². The maximum absolute atomic E-state index is 13.1. The van der Waals surface area contributed by atoms with Crippen LogP contribution in [0.5, 0.6) is 0 Å². The Morgan fingerprint density at radius 1 is 0.420 bits per heavy atom. The van der Waals surface area contributed by atoms with Crippen molar-refractivity contribution in [2.75, 3.05) is 37.6 Å². The molecule has 15 rings (SSSR count). The number of benzene rings is 5. The highest BCUT2D eigenvalue weighted by Crippen LogP contribution is 2.38. The molecule has 8 unspecified atom stereocenters. The molecule has 0 radical (unpaired) electrons.